The van der Waals surface area contributed by atoms with E-state index in [-0.39, 0.29) is 11.3 Å². The molecule has 0 saturated heterocycles. The third kappa shape index (κ3) is 7.57. The molecule has 0 fully saturated rings. The molecule has 1 aromatic heterocycles. The van der Waals surface area contributed by atoms with Crippen LogP contribution >= 0.6 is 23.1 Å². The van der Waals surface area contributed by atoms with Crippen molar-refractivity contribution in [2.24, 2.45) is 11.3 Å². The normalized spacial score (nSPS) is 12.8. The van der Waals surface area contributed by atoms with E-state index in [4.69, 9.17) is 0 Å². The van der Waals surface area contributed by atoms with E-state index >= 15 is 0 Å². The van der Waals surface area contributed by atoms with Gasteiger partial charge < -0.3 is 5.32 Å². The molecule has 0 radical (unpaired) electrons. The molecule has 1 atom stereocenters. The van der Waals surface area contributed by atoms with Crippen LogP contribution in [-0.4, -0.2) is 16.1 Å². The molecule has 4 nitrogen and oxygen atoms in total. The number of hydrogen-bond acceptors (Lipinski definition) is 5. The van der Waals surface area contributed by atoms with Gasteiger partial charge in [0, 0.05) is 12.2 Å². The molecule has 1 aromatic carbocycles. The minimum atomic E-state index is 0.0167. The molecule has 0 aliphatic carbocycles. The van der Waals surface area contributed by atoms with Gasteiger partial charge in [0.15, 0.2) is 4.34 Å². The van der Waals surface area contributed by atoms with Crippen molar-refractivity contribution in [3.8, 4) is 0 Å². The molecule has 136 valence electrons. The molecule has 1 N–H and O–H groups in total. The van der Waals surface area contributed by atoms with Gasteiger partial charge in [0.25, 0.3) is 0 Å². The predicted molar refractivity (Wildman–Crippen MR) is 107 cm³/mol. The minimum absolute atomic E-state index is 0.0167. The number of thioether (sulfide) groups is 1. The number of aromatic nitrogens is 2. The summed E-state index contributed by atoms with van der Waals surface area (Å²) in [6.07, 6.45) is 1.54. The molecule has 2 aromatic rings. The quantitative estimate of drug-likeness (QED) is 0.508. The summed E-state index contributed by atoms with van der Waals surface area (Å²) >= 11 is 3.08. The van der Waals surface area contributed by atoms with Gasteiger partial charge in [-0.05, 0) is 30.2 Å². The summed E-state index contributed by atoms with van der Waals surface area (Å²) in [7, 11) is 0. The Balaban J connectivity index is 1.80. The van der Waals surface area contributed by atoms with Crippen LogP contribution in [0.5, 0.6) is 0 Å². The largest absolute Gasteiger partial charge is 0.300 e. The Bertz CT molecular complexity index is 689. The van der Waals surface area contributed by atoms with Crippen molar-refractivity contribution in [2.45, 2.75) is 57.6 Å². The van der Waals surface area contributed by atoms with Crippen LogP contribution in [-0.2, 0) is 10.5 Å². The monoisotopic (exact) mass is 377 g/mol. The Labute approximate surface area is 158 Å². The van der Waals surface area contributed by atoms with Gasteiger partial charge in [0.1, 0.15) is 0 Å². The van der Waals surface area contributed by atoms with E-state index in [9.17, 15) is 4.79 Å². The number of benzene rings is 1. The molecule has 0 spiro atoms. The second-order valence-corrected chi connectivity index (χ2v) is 9.97. The van der Waals surface area contributed by atoms with Crippen LogP contribution in [0.25, 0.3) is 0 Å². The van der Waals surface area contributed by atoms with Gasteiger partial charge in [-0.2, -0.15) is 0 Å². The van der Waals surface area contributed by atoms with Crippen molar-refractivity contribution >= 4 is 34.1 Å². The zero-order chi connectivity index (χ0) is 18.4. The lowest BCUT2D eigenvalue weighted by Crippen LogP contribution is -2.18. The lowest BCUT2D eigenvalue weighted by molar-refractivity contribution is -0.117. The van der Waals surface area contributed by atoms with Crippen LogP contribution in [0.1, 0.15) is 51.7 Å². The van der Waals surface area contributed by atoms with E-state index in [1.807, 2.05) is 0 Å². The van der Waals surface area contributed by atoms with Crippen molar-refractivity contribution in [3.05, 3.63) is 35.4 Å². The summed E-state index contributed by atoms with van der Waals surface area (Å²) in [5, 5.41) is 11.7. The second kappa shape index (κ2) is 8.81. The lowest BCUT2D eigenvalue weighted by Gasteiger charge is -2.22. The van der Waals surface area contributed by atoms with E-state index in [2.05, 4.69) is 74.4 Å². The van der Waals surface area contributed by atoms with Gasteiger partial charge in [-0.25, -0.2) is 0 Å². The standard InChI is InChI=1S/C19H27N3OS2/c1-13-6-8-15(9-7-13)12-24-18-22-21-17(25-18)20-16(23)10-14(2)11-19(3,4)5/h6-9,14H,10-12H2,1-5H3,(H,20,21,23). The Morgan fingerprint density at radius 1 is 1.24 bits per heavy atom. The molecule has 0 bridgehead atoms. The Kier molecular flexibility index (Phi) is 7.02. The molecule has 1 amide bonds. The van der Waals surface area contributed by atoms with Crippen LogP contribution in [0.3, 0.4) is 0 Å². The topological polar surface area (TPSA) is 54.9 Å². The van der Waals surface area contributed by atoms with Crippen molar-refractivity contribution in [1.82, 2.24) is 10.2 Å². The van der Waals surface area contributed by atoms with Gasteiger partial charge >= 0.3 is 0 Å². The maximum absolute atomic E-state index is 12.2. The third-order valence-corrected chi connectivity index (χ3v) is 5.67. The highest BCUT2D eigenvalue weighted by Gasteiger charge is 2.18. The number of anilines is 1. The van der Waals surface area contributed by atoms with Crippen molar-refractivity contribution in [3.63, 3.8) is 0 Å². The van der Waals surface area contributed by atoms with Crippen molar-refractivity contribution < 1.29 is 4.79 Å². The minimum Gasteiger partial charge on any atom is -0.300 e. The van der Waals surface area contributed by atoms with Gasteiger partial charge in [-0.3, -0.25) is 4.79 Å². The first kappa shape index (κ1) is 19.9. The molecule has 0 aliphatic heterocycles. The van der Waals surface area contributed by atoms with Crippen LogP contribution < -0.4 is 5.32 Å². The summed E-state index contributed by atoms with van der Waals surface area (Å²) in [5.41, 5.74) is 2.75. The molecular weight excluding hydrogens is 350 g/mol. The van der Waals surface area contributed by atoms with Crippen molar-refractivity contribution in [2.75, 3.05) is 5.32 Å². The highest BCUT2D eigenvalue weighted by atomic mass is 32.2. The van der Waals surface area contributed by atoms with E-state index in [0.717, 1.165) is 16.5 Å². The van der Waals surface area contributed by atoms with Crippen LogP contribution in [0.2, 0.25) is 0 Å². The van der Waals surface area contributed by atoms with Crippen molar-refractivity contribution in [1.29, 1.82) is 0 Å². The van der Waals surface area contributed by atoms with Gasteiger partial charge in [-0.1, -0.05) is 80.6 Å². The summed E-state index contributed by atoms with van der Waals surface area (Å²) in [4.78, 5) is 12.2. The number of carbonyl (C=O) groups excluding carboxylic acids is 1. The summed E-state index contributed by atoms with van der Waals surface area (Å²) in [6, 6.07) is 8.48. The van der Waals surface area contributed by atoms with E-state index < -0.39 is 0 Å². The van der Waals surface area contributed by atoms with E-state index in [1.54, 1.807) is 11.8 Å². The number of rotatable bonds is 7. The van der Waals surface area contributed by atoms with Crippen LogP contribution in [0.15, 0.2) is 28.6 Å². The van der Waals surface area contributed by atoms with Crippen LogP contribution in [0, 0.1) is 18.3 Å². The smallest absolute Gasteiger partial charge is 0.226 e. The molecule has 25 heavy (non-hydrogen) atoms. The highest BCUT2D eigenvalue weighted by Crippen LogP contribution is 2.29. The third-order valence-electron chi connectivity index (χ3n) is 3.63. The first-order chi connectivity index (χ1) is 11.7. The number of hydrogen-bond donors (Lipinski definition) is 1. The maximum atomic E-state index is 12.2. The molecule has 6 heteroatoms. The number of carbonyl (C=O) groups is 1. The number of nitrogens with one attached hydrogen (secondary N) is 1. The zero-order valence-electron chi connectivity index (χ0n) is 15.6. The molecule has 0 saturated carbocycles. The summed E-state index contributed by atoms with van der Waals surface area (Å²) in [6.45, 7) is 10.8. The fourth-order valence-corrected chi connectivity index (χ4v) is 4.48. The summed E-state index contributed by atoms with van der Waals surface area (Å²) < 4.78 is 0.874. The average Bonchev–Trinajstić information content (AvgIpc) is 2.91. The van der Waals surface area contributed by atoms with Crippen LogP contribution in [0.4, 0.5) is 5.13 Å². The molecule has 1 heterocycles. The predicted octanol–water partition coefficient (Wildman–Crippen LogP) is 5.54. The molecule has 2 rings (SSSR count). The molecule has 0 aliphatic rings. The first-order valence-electron chi connectivity index (χ1n) is 8.53. The number of amides is 1. The molecule has 1 unspecified atom stereocenters. The zero-order valence-corrected chi connectivity index (χ0v) is 17.3. The second-order valence-electron chi connectivity index (χ2n) is 7.77. The Morgan fingerprint density at radius 2 is 1.92 bits per heavy atom. The van der Waals surface area contributed by atoms with E-state index in [0.29, 0.717) is 17.5 Å². The average molecular weight is 378 g/mol. The Hall–Kier alpha value is -1.40. The lowest BCUT2D eigenvalue weighted by atomic mass is 9.84. The SMILES string of the molecule is Cc1ccc(CSc2nnc(NC(=O)CC(C)CC(C)(C)C)s2)cc1. The maximum Gasteiger partial charge on any atom is 0.226 e. The number of nitrogens with zero attached hydrogens (tertiary/aromatic N) is 2. The van der Waals surface area contributed by atoms with Gasteiger partial charge in [0.2, 0.25) is 11.0 Å². The van der Waals surface area contributed by atoms with Gasteiger partial charge in [0.05, 0.1) is 0 Å². The first-order valence-corrected chi connectivity index (χ1v) is 10.3. The number of aryl methyl sites for hydroxylation is 1. The fourth-order valence-electron chi connectivity index (χ4n) is 2.75. The fraction of sp³-hybridized carbons (Fsp3) is 0.526. The van der Waals surface area contributed by atoms with Gasteiger partial charge in [-0.15, -0.1) is 10.2 Å². The summed E-state index contributed by atoms with van der Waals surface area (Å²) in [5.74, 6) is 1.22. The molecular formula is C19H27N3OS2. The van der Waals surface area contributed by atoms with E-state index in [1.165, 1.54) is 22.5 Å². The highest BCUT2D eigenvalue weighted by molar-refractivity contribution is 8.00. The Morgan fingerprint density at radius 3 is 2.56 bits per heavy atom.